The number of aromatic nitrogens is 4. The van der Waals surface area contributed by atoms with Crippen molar-refractivity contribution in [1.29, 1.82) is 0 Å². The summed E-state index contributed by atoms with van der Waals surface area (Å²) in [5.74, 6) is 1.82. The van der Waals surface area contributed by atoms with Gasteiger partial charge in [0.05, 0.1) is 13.2 Å². The normalized spacial score (nSPS) is 18.5. The minimum atomic E-state index is 0.266. The van der Waals surface area contributed by atoms with E-state index >= 15 is 0 Å². The number of benzene rings is 1. The Kier molecular flexibility index (Phi) is 6.23. The average Bonchev–Trinajstić information content (AvgIpc) is 3.23. The third-order valence-electron chi connectivity index (χ3n) is 6.45. The van der Waals surface area contributed by atoms with Crippen molar-refractivity contribution in [3.8, 4) is 0 Å². The maximum atomic E-state index is 5.54. The fraction of sp³-hybridized carbons (Fsp3) is 0.542. The number of hydrogen-bond donors (Lipinski definition) is 1. The Bertz CT molecular complexity index is 1020. The van der Waals surface area contributed by atoms with Gasteiger partial charge in [0.2, 0.25) is 5.95 Å². The van der Waals surface area contributed by atoms with Gasteiger partial charge in [0, 0.05) is 44.8 Å². The number of piperidine rings is 1. The van der Waals surface area contributed by atoms with E-state index in [4.69, 9.17) is 9.72 Å². The first kappa shape index (κ1) is 21.2. The summed E-state index contributed by atoms with van der Waals surface area (Å²) >= 11 is 0. The maximum absolute atomic E-state index is 5.54. The Morgan fingerprint density at radius 2 is 1.78 bits per heavy atom. The van der Waals surface area contributed by atoms with Crippen LogP contribution in [-0.4, -0.2) is 69.9 Å². The van der Waals surface area contributed by atoms with E-state index in [1.165, 1.54) is 5.56 Å². The average molecular weight is 436 g/mol. The molecule has 0 spiro atoms. The second-order valence-electron chi connectivity index (χ2n) is 9.05. The molecular formula is C24H33N7O. The molecule has 8 heteroatoms. The number of fused-ring (bicyclic) bond motifs is 1. The lowest BCUT2D eigenvalue weighted by atomic mass is 10.0. The Balaban J connectivity index is 1.31. The van der Waals surface area contributed by atoms with Crippen LogP contribution in [0.15, 0.2) is 36.7 Å². The molecule has 0 amide bonds. The third kappa shape index (κ3) is 4.42. The van der Waals surface area contributed by atoms with E-state index in [1.54, 1.807) is 6.33 Å². The van der Waals surface area contributed by atoms with Crippen molar-refractivity contribution in [2.45, 2.75) is 45.3 Å². The second-order valence-corrected chi connectivity index (χ2v) is 9.05. The lowest BCUT2D eigenvalue weighted by Crippen LogP contribution is -2.38. The van der Waals surface area contributed by atoms with Crippen molar-refractivity contribution in [1.82, 2.24) is 24.4 Å². The first-order valence-corrected chi connectivity index (χ1v) is 11.8. The van der Waals surface area contributed by atoms with Crippen LogP contribution in [-0.2, 0) is 11.3 Å². The Morgan fingerprint density at radius 1 is 1.03 bits per heavy atom. The van der Waals surface area contributed by atoms with Gasteiger partial charge in [-0.15, -0.1) is 0 Å². The molecule has 0 aliphatic carbocycles. The highest BCUT2D eigenvalue weighted by molar-refractivity contribution is 5.85. The maximum Gasteiger partial charge on any atom is 0.208 e. The van der Waals surface area contributed by atoms with Crippen LogP contribution in [0.3, 0.4) is 0 Å². The lowest BCUT2D eigenvalue weighted by Gasteiger charge is -2.32. The van der Waals surface area contributed by atoms with Crippen molar-refractivity contribution in [3.63, 3.8) is 0 Å². The largest absolute Gasteiger partial charge is 0.378 e. The van der Waals surface area contributed by atoms with Crippen molar-refractivity contribution >= 4 is 22.9 Å². The number of morpholine rings is 1. The van der Waals surface area contributed by atoms with Crippen molar-refractivity contribution in [2.75, 3.05) is 49.6 Å². The summed E-state index contributed by atoms with van der Waals surface area (Å²) in [6.07, 6.45) is 3.86. The molecule has 1 N–H and O–H groups in total. The highest BCUT2D eigenvalue weighted by atomic mass is 16.5. The monoisotopic (exact) mass is 435 g/mol. The zero-order chi connectivity index (χ0) is 21.9. The molecule has 5 rings (SSSR count). The number of anilines is 2. The number of imidazole rings is 1. The Morgan fingerprint density at radius 3 is 2.50 bits per heavy atom. The predicted molar refractivity (Wildman–Crippen MR) is 127 cm³/mol. The molecule has 2 aliphatic heterocycles. The van der Waals surface area contributed by atoms with E-state index in [2.05, 4.69) is 73.8 Å². The summed E-state index contributed by atoms with van der Waals surface area (Å²) in [6.45, 7) is 10.7. The topological polar surface area (TPSA) is 71.3 Å². The number of nitrogens with zero attached hydrogens (tertiary/aromatic N) is 6. The van der Waals surface area contributed by atoms with E-state index < -0.39 is 0 Å². The number of likely N-dealkylation sites (tertiary alicyclic amines) is 1. The SMILES string of the molecule is CC(C)n1c(N2CCOCC2)nc2c(NC3CCN(Cc4ccccc4)CC3)ncnc21. The Labute approximate surface area is 189 Å². The minimum absolute atomic E-state index is 0.266. The van der Waals surface area contributed by atoms with Crippen LogP contribution in [0, 0.1) is 0 Å². The molecule has 32 heavy (non-hydrogen) atoms. The van der Waals surface area contributed by atoms with E-state index in [0.717, 1.165) is 81.7 Å². The molecule has 2 aromatic heterocycles. The molecule has 2 aliphatic rings. The van der Waals surface area contributed by atoms with Crippen molar-refractivity contribution in [3.05, 3.63) is 42.2 Å². The summed E-state index contributed by atoms with van der Waals surface area (Å²) < 4.78 is 7.78. The standard InChI is InChI=1S/C24H33N7O/c1-18(2)31-23-21(28-24(31)30-12-14-32-15-13-30)22(25-17-26-23)27-20-8-10-29(11-9-20)16-19-6-4-3-5-7-19/h3-7,17-18,20H,8-16H2,1-2H3,(H,25,26,27). The van der Waals surface area contributed by atoms with Crippen LogP contribution in [0.4, 0.5) is 11.8 Å². The van der Waals surface area contributed by atoms with Crippen LogP contribution in [0.25, 0.3) is 11.2 Å². The van der Waals surface area contributed by atoms with Crippen molar-refractivity contribution in [2.24, 2.45) is 0 Å². The van der Waals surface area contributed by atoms with Gasteiger partial charge in [-0.1, -0.05) is 30.3 Å². The second kappa shape index (κ2) is 9.42. The summed E-state index contributed by atoms with van der Waals surface area (Å²) in [7, 11) is 0. The van der Waals surface area contributed by atoms with E-state index in [0.29, 0.717) is 6.04 Å². The van der Waals surface area contributed by atoms with Crippen molar-refractivity contribution < 1.29 is 4.74 Å². The fourth-order valence-corrected chi connectivity index (χ4v) is 4.74. The number of hydrogen-bond acceptors (Lipinski definition) is 7. The van der Waals surface area contributed by atoms with Crippen LogP contribution in [0.1, 0.15) is 38.3 Å². The van der Waals surface area contributed by atoms with E-state index in [-0.39, 0.29) is 6.04 Å². The fourth-order valence-electron chi connectivity index (χ4n) is 4.74. The minimum Gasteiger partial charge on any atom is -0.378 e. The van der Waals surface area contributed by atoms with Gasteiger partial charge in [0.15, 0.2) is 17.0 Å². The zero-order valence-electron chi connectivity index (χ0n) is 19.1. The highest BCUT2D eigenvalue weighted by Gasteiger charge is 2.25. The van der Waals surface area contributed by atoms with E-state index in [9.17, 15) is 0 Å². The third-order valence-corrected chi connectivity index (χ3v) is 6.45. The van der Waals surface area contributed by atoms with Gasteiger partial charge in [0.25, 0.3) is 0 Å². The quantitative estimate of drug-likeness (QED) is 0.637. The van der Waals surface area contributed by atoms with Gasteiger partial charge >= 0.3 is 0 Å². The molecule has 2 fully saturated rings. The van der Waals surface area contributed by atoms with Gasteiger partial charge < -0.3 is 15.0 Å². The summed E-state index contributed by atoms with van der Waals surface area (Å²) in [5.41, 5.74) is 3.15. The molecule has 170 valence electrons. The van der Waals surface area contributed by atoms with Crippen LogP contribution >= 0.6 is 0 Å². The van der Waals surface area contributed by atoms with Gasteiger partial charge in [-0.3, -0.25) is 9.47 Å². The first-order valence-electron chi connectivity index (χ1n) is 11.8. The molecule has 4 heterocycles. The highest BCUT2D eigenvalue weighted by Crippen LogP contribution is 2.30. The summed E-state index contributed by atoms with van der Waals surface area (Å²) in [6, 6.07) is 11.4. The molecule has 3 aromatic rings. The molecule has 0 radical (unpaired) electrons. The van der Waals surface area contributed by atoms with Crippen LogP contribution in [0.2, 0.25) is 0 Å². The first-order chi connectivity index (χ1) is 15.7. The molecule has 1 aromatic carbocycles. The number of nitrogens with one attached hydrogen (secondary N) is 1. The predicted octanol–water partition coefficient (Wildman–Crippen LogP) is 3.32. The summed E-state index contributed by atoms with van der Waals surface area (Å²) in [5, 5.41) is 3.69. The molecule has 8 nitrogen and oxygen atoms in total. The zero-order valence-corrected chi connectivity index (χ0v) is 19.1. The molecule has 0 saturated carbocycles. The van der Waals surface area contributed by atoms with Gasteiger partial charge in [0.1, 0.15) is 6.33 Å². The van der Waals surface area contributed by atoms with Gasteiger partial charge in [-0.2, -0.15) is 0 Å². The molecule has 2 saturated heterocycles. The number of rotatable bonds is 6. The lowest BCUT2D eigenvalue weighted by molar-refractivity contribution is 0.121. The molecular weight excluding hydrogens is 402 g/mol. The number of ether oxygens (including phenoxy) is 1. The molecule has 0 bridgehead atoms. The van der Waals surface area contributed by atoms with Gasteiger partial charge in [-0.05, 0) is 32.3 Å². The summed E-state index contributed by atoms with van der Waals surface area (Å²) in [4.78, 5) is 19.1. The van der Waals surface area contributed by atoms with Gasteiger partial charge in [-0.25, -0.2) is 15.0 Å². The smallest absolute Gasteiger partial charge is 0.208 e. The van der Waals surface area contributed by atoms with Crippen LogP contribution in [0.5, 0.6) is 0 Å². The Hall–Kier alpha value is -2.71. The van der Waals surface area contributed by atoms with E-state index in [1.807, 2.05) is 0 Å². The molecule has 0 atom stereocenters. The molecule has 0 unspecified atom stereocenters. The van der Waals surface area contributed by atoms with Crippen LogP contribution < -0.4 is 10.2 Å².